The van der Waals surface area contributed by atoms with Gasteiger partial charge >= 0.3 is 0 Å². The quantitative estimate of drug-likeness (QED) is 0.225. The number of carbonyl (C=O) groups is 1. The molecule has 254 valence electrons. The maximum atomic E-state index is 14.7. The molecule has 0 spiro atoms. The summed E-state index contributed by atoms with van der Waals surface area (Å²) >= 11 is 0. The first-order valence-corrected chi connectivity index (χ1v) is 17.5. The Kier molecular flexibility index (Phi) is 17.6. The molecule has 46 heavy (non-hydrogen) atoms. The first-order chi connectivity index (χ1) is 22.3. The number of rotatable bonds is 10. The molecule has 6 heteroatoms. The van der Waals surface area contributed by atoms with Crippen LogP contribution in [0.4, 0.5) is 14.5 Å². The van der Waals surface area contributed by atoms with Crippen molar-refractivity contribution in [2.75, 3.05) is 32.1 Å². The van der Waals surface area contributed by atoms with Crippen LogP contribution in [0, 0.1) is 11.6 Å². The Labute approximate surface area is 277 Å². The number of aldehydes is 1. The third-order valence-electron chi connectivity index (χ3n) is 8.64. The summed E-state index contributed by atoms with van der Waals surface area (Å²) in [4.78, 5) is 13.4. The Hall–Kier alpha value is -3.25. The highest BCUT2D eigenvalue weighted by Gasteiger charge is 2.35. The third kappa shape index (κ3) is 10.7. The van der Waals surface area contributed by atoms with Gasteiger partial charge in [-0.15, -0.1) is 0 Å². The number of hydrogen-bond donors (Lipinski definition) is 1. The van der Waals surface area contributed by atoms with Crippen LogP contribution in [0.15, 0.2) is 48.5 Å². The van der Waals surface area contributed by atoms with Crippen LogP contribution < -0.4 is 10.1 Å². The molecule has 3 aromatic rings. The predicted molar refractivity (Wildman–Crippen MR) is 190 cm³/mol. The van der Waals surface area contributed by atoms with Crippen LogP contribution >= 0.6 is 0 Å². The summed E-state index contributed by atoms with van der Waals surface area (Å²) in [5.41, 5.74) is 7.42. The Morgan fingerprint density at radius 1 is 0.913 bits per heavy atom. The van der Waals surface area contributed by atoms with E-state index in [-0.39, 0.29) is 23.6 Å². The van der Waals surface area contributed by atoms with Gasteiger partial charge in [0.05, 0.1) is 13.2 Å². The molecule has 2 aliphatic heterocycles. The number of carbonyl (C=O) groups excluding carboxylic acids is 1. The van der Waals surface area contributed by atoms with E-state index in [0.29, 0.717) is 19.7 Å². The Morgan fingerprint density at radius 2 is 1.54 bits per heavy atom. The average molecular weight is 637 g/mol. The SMILES string of the molecule is CC.CCCC.CCCc1ccc([C@H]2C[C@@H](c3cc4c(cc3F)CCO4)CN2CC=O)cc1.CCc1cc(F)cc(CC)c1NC. The minimum atomic E-state index is -0.144. The summed E-state index contributed by atoms with van der Waals surface area (Å²) in [6.45, 7) is 16.3. The molecule has 2 heterocycles. The summed E-state index contributed by atoms with van der Waals surface area (Å²) < 4.78 is 33.5. The van der Waals surface area contributed by atoms with E-state index in [4.69, 9.17) is 4.74 Å². The van der Waals surface area contributed by atoms with Crippen LogP contribution in [0.2, 0.25) is 0 Å². The van der Waals surface area contributed by atoms with Gasteiger partial charge in [-0.1, -0.05) is 92.0 Å². The number of anilines is 1. The second-order valence-electron chi connectivity index (χ2n) is 11.7. The van der Waals surface area contributed by atoms with Gasteiger partial charge in [-0.05, 0) is 77.8 Å². The van der Waals surface area contributed by atoms with E-state index in [1.165, 1.54) is 24.0 Å². The highest BCUT2D eigenvalue weighted by molar-refractivity contribution is 5.57. The van der Waals surface area contributed by atoms with Gasteiger partial charge in [0.25, 0.3) is 0 Å². The summed E-state index contributed by atoms with van der Waals surface area (Å²) in [5, 5.41) is 3.13. The highest BCUT2D eigenvalue weighted by Crippen LogP contribution is 2.43. The molecular weight excluding hydrogens is 578 g/mol. The zero-order chi connectivity index (χ0) is 34.1. The minimum absolute atomic E-state index is 0.0692. The van der Waals surface area contributed by atoms with Crippen molar-refractivity contribution in [1.82, 2.24) is 4.90 Å². The van der Waals surface area contributed by atoms with Gasteiger partial charge in [0.1, 0.15) is 23.7 Å². The molecule has 1 saturated heterocycles. The monoisotopic (exact) mass is 636 g/mol. The van der Waals surface area contributed by atoms with E-state index >= 15 is 0 Å². The van der Waals surface area contributed by atoms with Crippen molar-refractivity contribution in [3.05, 3.63) is 93.5 Å². The normalized spacial score (nSPS) is 16.5. The zero-order valence-electron chi connectivity index (χ0n) is 29.6. The molecule has 1 fully saturated rings. The molecular formula is C40H58F2N2O2. The summed E-state index contributed by atoms with van der Waals surface area (Å²) in [5.74, 6) is 0.613. The molecule has 0 radical (unpaired) electrons. The fourth-order valence-electron chi connectivity index (χ4n) is 6.10. The van der Waals surface area contributed by atoms with Gasteiger partial charge in [-0.25, -0.2) is 8.78 Å². The highest BCUT2D eigenvalue weighted by atomic mass is 19.1. The van der Waals surface area contributed by atoms with Crippen molar-refractivity contribution >= 4 is 12.0 Å². The molecule has 0 aromatic heterocycles. The van der Waals surface area contributed by atoms with Crippen molar-refractivity contribution in [3.63, 3.8) is 0 Å². The van der Waals surface area contributed by atoms with E-state index in [1.807, 2.05) is 40.8 Å². The lowest BCUT2D eigenvalue weighted by atomic mass is 9.92. The molecule has 1 N–H and O–H groups in total. The van der Waals surface area contributed by atoms with E-state index in [2.05, 4.69) is 55.3 Å². The zero-order valence-corrected chi connectivity index (χ0v) is 29.6. The van der Waals surface area contributed by atoms with Crippen LogP contribution in [0.5, 0.6) is 5.75 Å². The topological polar surface area (TPSA) is 41.6 Å². The van der Waals surface area contributed by atoms with E-state index in [9.17, 15) is 13.6 Å². The van der Waals surface area contributed by atoms with Crippen molar-refractivity contribution in [1.29, 1.82) is 0 Å². The van der Waals surface area contributed by atoms with Gasteiger partial charge in [0, 0.05) is 43.2 Å². The van der Waals surface area contributed by atoms with Crippen molar-refractivity contribution < 1.29 is 18.3 Å². The van der Waals surface area contributed by atoms with Gasteiger partial charge < -0.3 is 14.8 Å². The summed E-state index contributed by atoms with van der Waals surface area (Å²) in [6, 6.07) is 15.5. The lowest BCUT2D eigenvalue weighted by Gasteiger charge is -2.22. The number of halogens is 2. The maximum absolute atomic E-state index is 14.7. The number of fused-ring (bicyclic) bond motifs is 1. The number of aryl methyl sites for hydroxylation is 3. The van der Waals surface area contributed by atoms with Crippen LogP contribution in [0.25, 0.3) is 0 Å². The predicted octanol–water partition coefficient (Wildman–Crippen LogP) is 10.3. The van der Waals surface area contributed by atoms with Crippen molar-refractivity contribution in [2.24, 2.45) is 0 Å². The Bertz CT molecular complexity index is 1300. The molecule has 5 rings (SSSR count). The number of nitrogens with zero attached hydrogens (tertiary/aromatic N) is 1. The van der Waals surface area contributed by atoms with Gasteiger partial charge in [-0.3, -0.25) is 4.90 Å². The van der Waals surface area contributed by atoms with Gasteiger partial charge in [0.2, 0.25) is 0 Å². The number of unbranched alkanes of at least 4 members (excludes halogenated alkanes) is 1. The van der Waals surface area contributed by atoms with Crippen LogP contribution in [-0.4, -0.2) is 37.9 Å². The largest absolute Gasteiger partial charge is 0.493 e. The molecule has 0 bridgehead atoms. The smallest absolute Gasteiger partial charge is 0.134 e. The van der Waals surface area contributed by atoms with E-state index in [0.717, 1.165) is 78.5 Å². The molecule has 4 nitrogen and oxygen atoms in total. The molecule has 3 aromatic carbocycles. The number of benzene rings is 3. The van der Waals surface area contributed by atoms with Gasteiger partial charge in [0.15, 0.2) is 0 Å². The number of likely N-dealkylation sites (tertiary alicyclic amines) is 1. The summed E-state index contributed by atoms with van der Waals surface area (Å²) in [7, 11) is 1.88. The minimum Gasteiger partial charge on any atom is -0.493 e. The Morgan fingerprint density at radius 3 is 2.07 bits per heavy atom. The standard InChI is InChI=1S/C23H26FNO2.C11H16FN.C4H10.C2H6/c1-2-3-16-4-6-17(7-5-16)22-13-19(15-25(22)9-10-26)20-14-23-18(8-11-27-23)12-21(20)24;1-4-8-6-10(12)7-9(5-2)11(8)13-3;1-3-4-2;1-2/h4-7,10,12,14,19,22H,2-3,8-9,11,13,15H2,1H3;6-7,13H,4-5H2,1-3H3;3-4H2,1-2H3;1-2H3/t19-,22-;;;/m1.../s1. The molecule has 0 amide bonds. The molecule has 0 saturated carbocycles. The lowest BCUT2D eigenvalue weighted by Crippen LogP contribution is -2.25. The average Bonchev–Trinajstić information content (AvgIpc) is 3.72. The first kappa shape index (κ1) is 38.9. The van der Waals surface area contributed by atoms with Gasteiger partial charge in [-0.2, -0.15) is 0 Å². The number of ether oxygens (including phenoxy) is 1. The third-order valence-corrected chi connectivity index (χ3v) is 8.64. The Balaban J connectivity index is 0.000000324. The van der Waals surface area contributed by atoms with E-state index in [1.54, 1.807) is 18.2 Å². The molecule has 2 aliphatic rings. The molecule has 2 atom stereocenters. The molecule has 0 unspecified atom stereocenters. The fourth-order valence-corrected chi connectivity index (χ4v) is 6.10. The van der Waals surface area contributed by atoms with Crippen molar-refractivity contribution in [2.45, 2.75) is 112 Å². The maximum Gasteiger partial charge on any atom is 0.134 e. The van der Waals surface area contributed by atoms with Crippen LogP contribution in [0.3, 0.4) is 0 Å². The van der Waals surface area contributed by atoms with Crippen LogP contribution in [-0.2, 0) is 30.5 Å². The van der Waals surface area contributed by atoms with E-state index < -0.39 is 0 Å². The first-order valence-electron chi connectivity index (χ1n) is 17.5. The van der Waals surface area contributed by atoms with Crippen LogP contribution in [0.1, 0.15) is 119 Å². The number of hydrogen-bond acceptors (Lipinski definition) is 4. The summed E-state index contributed by atoms with van der Waals surface area (Å²) in [6.07, 6.45) is 9.11. The number of nitrogens with one attached hydrogen (secondary N) is 1. The lowest BCUT2D eigenvalue weighted by molar-refractivity contribution is -0.109. The van der Waals surface area contributed by atoms with Crippen molar-refractivity contribution in [3.8, 4) is 5.75 Å². The second kappa shape index (κ2) is 20.8. The molecule has 0 aliphatic carbocycles. The fraction of sp³-hybridized carbons (Fsp3) is 0.525. The second-order valence-corrected chi connectivity index (χ2v) is 11.7.